The summed E-state index contributed by atoms with van der Waals surface area (Å²) in [5, 5.41) is 0. The molecule has 0 aliphatic carbocycles. The molecule has 0 radical (unpaired) electrons. The van der Waals surface area contributed by atoms with E-state index in [0.29, 0.717) is 13.0 Å². The summed E-state index contributed by atoms with van der Waals surface area (Å²) in [6, 6.07) is 0. The zero-order chi connectivity index (χ0) is 8.53. The van der Waals surface area contributed by atoms with E-state index in [1.807, 2.05) is 0 Å². The first-order valence-electron chi connectivity index (χ1n) is 3.66. The Balaban J connectivity index is 3.01. The van der Waals surface area contributed by atoms with Crippen LogP contribution < -0.4 is 0 Å². The molecule has 0 heterocycles. The number of alkyl halides is 1. The van der Waals surface area contributed by atoms with Crippen LogP contribution in [-0.2, 0) is 9.53 Å². The molecule has 0 unspecified atom stereocenters. The lowest BCUT2D eigenvalue weighted by molar-refractivity contribution is -0.137. The van der Waals surface area contributed by atoms with Crippen molar-refractivity contribution < 1.29 is 13.9 Å². The SMILES string of the molecule is C=CC(=O)OCCCCCF. The van der Waals surface area contributed by atoms with Crippen LogP contribution in [0, 0.1) is 0 Å². The molecule has 0 rings (SSSR count). The molecule has 64 valence electrons. The van der Waals surface area contributed by atoms with E-state index in [2.05, 4.69) is 11.3 Å². The summed E-state index contributed by atoms with van der Waals surface area (Å²) in [4.78, 5) is 10.4. The maximum atomic E-state index is 11.5. The van der Waals surface area contributed by atoms with Crippen molar-refractivity contribution in [2.45, 2.75) is 19.3 Å². The maximum Gasteiger partial charge on any atom is 0.330 e. The van der Waals surface area contributed by atoms with E-state index in [-0.39, 0.29) is 6.67 Å². The van der Waals surface area contributed by atoms with Crippen molar-refractivity contribution in [1.82, 2.24) is 0 Å². The van der Waals surface area contributed by atoms with Gasteiger partial charge in [-0.1, -0.05) is 6.58 Å². The monoisotopic (exact) mass is 160 g/mol. The first-order chi connectivity index (χ1) is 5.31. The lowest BCUT2D eigenvalue weighted by atomic mass is 10.3. The van der Waals surface area contributed by atoms with E-state index in [4.69, 9.17) is 0 Å². The molecular weight excluding hydrogens is 147 g/mol. The Morgan fingerprint density at radius 2 is 2.18 bits per heavy atom. The number of unbranched alkanes of at least 4 members (excludes halogenated alkanes) is 2. The molecule has 0 atom stereocenters. The van der Waals surface area contributed by atoms with Gasteiger partial charge >= 0.3 is 5.97 Å². The first kappa shape index (κ1) is 10.1. The predicted molar refractivity (Wildman–Crippen MR) is 41.0 cm³/mol. The van der Waals surface area contributed by atoms with Crippen molar-refractivity contribution in [3.8, 4) is 0 Å². The van der Waals surface area contributed by atoms with Crippen molar-refractivity contribution in [2.24, 2.45) is 0 Å². The van der Waals surface area contributed by atoms with Crippen LogP contribution in [0.3, 0.4) is 0 Å². The van der Waals surface area contributed by atoms with Gasteiger partial charge in [0.2, 0.25) is 0 Å². The van der Waals surface area contributed by atoms with Crippen LogP contribution in [-0.4, -0.2) is 19.3 Å². The second-order valence-corrected chi connectivity index (χ2v) is 2.12. The maximum absolute atomic E-state index is 11.5. The van der Waals surface area contributed by atoms with Gasteiger partial charge in [-0.05, 0) is 19.3 Å². The highest BCUT2D eigenvalue weighted by atomic mass is 19.1. The van der Waals surface area contributed by atoms with Gasteiger partial charge in [0.25, 0.3) is 0 Å². The van der Waals surface area contributed by atoms with Gasteiger partial charge in [-0.25, -0.2) is 4.79 Å². The lowest BCUT2D eigenvalue weighted by Crippen LogP contribution is -2.01. The Morgan fingerprint density at radius 1 is 1.45 bits per heavy atom. The fraction of sp³-hybridized carbons (Fsp3) is 0.625. The van der Waals surface area contributed by atoms with Gasteiger partial charge in [-0.3, -0.25) is 4.39 Å². The Kier molecular flexibility index (Phi) is 6.68. The molecule has 3 heteroatoms. The molecule has 0 fully saturated rings. The Labute approximate surface area is 66.0 Å². The van der Waals surface area contributed by atoms with E-state index in [0.717, 1.165) is 18.9 Å². The van der Waals surface area contributed by atoms with Gasteiger partial charge in [-0.2, -0.15) is 0 Å². The van der Waals surface area contributed by atoms with Gasteiger partial charge in [0.15, 0.2) is 0 Å². The third-order valence-electron chi connectivity index (χ3n) is 1.19. The highest BCUT2D eigenvalue weighted by Gasteiger charge is 1.93. The summed E-state index contributed by atoms with van der Waals surface area (Å²) in [5.41, 5.74) is 0. The molecule has 0 aliphatic rings. The summed E-state index contributed by atoms with van der Waals surface area (Å²) in [6.45, 7) is 3.31. The molecule has 0 spiro atoms. The van der Waals surface area contributed by atoms with Gasteiger partial charge in [0.05, 0.1) is 13.3 Å². The molecule has 0 amide bonds. The molecule has 0 bridgehead atoms. The number of esters is 1. The van der Waals surface area contributed by atoms with Crippen LogP contribution in [0.1, 0.15) is 19.3 Å². The topological polar surface area (TPSA) is 26.3 Å². The molecule has 0 saturated heterocycles. The van der Waals surface area contributed by atoms with E-state index < -0.39 is 5.97 Å². The fourth-order valence-corrected chi connectivity index (χ4v) is 0.605. The predicted octanol–water partition coefficient (Wildman–Crippen LogP) is 1.86. The van der Waals surface area contributed by atoms with Crippen molar-refractivity contribution in [1.29, 1.82) is 0 Å². The van der Waals surface area contributed by atoms with Gasteiger partial charge in [-0.15, -0.1) is 0 Å². The molecule has 0 saturated carbocycles. The van der Waals surface area contributed by atoms with Crippen molar-refractivity contribution >= 4 is 5.97 Å². The standard InChI is InChI=1S/C8H13FO2/c1-2-8(10)11-7-5-3-4-6-9/h2H,1,3-7H2. The van der Waals surface area contributed by atoms with Crippen LogP contribution in [0.5, 0.6) is 0 Å². The molecular formula is C8H13FO2. The molecule has 0 aromatic rings. The Bertz CT molecular complexity index is 123. The third kappa shape index (κ3) is 7.03. The number of carbonyl (C=O) groups excluding carboxylic acids is 1. The highest BCUT2D eigenvalue weighted by molar-refractivity contribution is 5.81. The number of hydrogen-bond donors (Lipinski definition) is 0. The summed E-state index contributed by atoms with van der Waals surface area (Å²) >= 11 is 0. The largest absolute Gasteiger partial charge is 0.463 e. The van der Waals surface area contributed by atoms with Crippen molar-refractivity contribution in [3.05, 3.63) is 12.7 Å². The average molecular weight is 160 g/mol. The van der Waals surface area contributed by atoms with Crippen LogP contribution in [0.2, 0.25) is 0 Å². The lowest BCUT2D eigenvalue weighted by Gasteiger charge is -1.99. The number of hydrogen-bond acceptors (Lipinski definition) is 2. The van der Waals surface area contributed by atoms with Crippen LogP contribution in [0.15, 0.2) is 12.7 Å². The molecule has 0 N–H and O–H groups in total. The van der Waals surface area contributed by atoms with Gasteiger partial charge in [0, 0.05) is 6.08 Å². The zero-order valence-electron chi connectivity index (χ0n) is 6.51. The molecule has 0 aliphatic heterocycles. The zero-order valence-corrected chi connectivity index (χ0v) is 6.51. The summed E-state index contributed by atoms with van der Waals surface area (Å²) in [6.07, 6.45) is 3.16. The number of rotatable bonds is 6. The van der Waals surface area contributed by atoms with Gasteiger partial charge in [0.1, 0.15) is 0 Å². The van der Waals surface area contributed by atoms with Crippen LogP contribution in [0.25, 0.3) is 0 Å². The first-order valence-corrected chi connectivity index (χ1v) is 3.66. The van der Waals surface area contributed by atoms with E-state index in [1.54, 1.807) is 0 Å². The molecule has 0 aromatic carbocycles. The summed E-state index contributed by atoms with van der Waals surface area (Å²) in [5.74, 6) is -0.412. The van der Waals surface area contributed by atoms with E-state index >= 15 is 0 Å². The number of halogens is 1. The second kappa shape index (κ2) is 7.25. The minimum Gasteiger partial charge on any atom is -0.463 e. The van der Waals surface area contributed by atoms with Crippen LogP contribution in [0.4, 0.5) is 4.39 Å². The quantitative estimate of drug-likeness (QED) is 0.337. The smallest absolute Gasteiger partial charge is 0.330 e. The number of ether oxygens (including phenoxy) is 1. The highest BCUT2D eigenvalue weighted by Crippen LogP contribution is 1.96. The van der Waals surface area contributed by atoms with Gasteiger partial charge < -0.3 is 4.74 Å². The molecule has 0 aromatic heterocycles. The molecule has 11 heavy (non-hydrogen) atoms. The normalized spacial score (nSPS) is 9.18. The van der Waals surface area contributed by atoms with E-state index in [9.17, 15) is 9.18 Å². The Morgan fingerprint density at radius 3 is 2.73 bits per heavy atom. The minimum atomic E-state index is -0.412. The third-order valence-corrected chi connectivity index (χ3v) is 1.19. The summed E-state index contributed by atoms with van der Waals surface area (Å²) in [7, 11) is 0. The van der Waals surface area contributed by atoms with Crippen LogP contribution >= 0.6 is 0 Å². The summed E-state index contributed by atoms with van der Waals surface area (Å²) < 4.78 is 16.2. The second-order valence-electron chi connectivity index (χ2n) is 2.12. The average Bonchev–Trinajstić information content (AvgIpc) is 2.04. The Hall–Kier alpha value is -0.860. The molecule has 2 nitrogen and oxygen atoms in total. The van der Waals surface area contributed by atoms with Crippen molar-refractivity contribution in [3.63, 3.8) is 0 Å². The van der Waals surface area contributed by atoms with E-state index in [1.165, 1.54) is 0 Å². The fourth-order valence-electron chi connectivity index (χ4n) is 0.605. The number of carbonyl (C=O) groups is 1. The minimum absolute atomic E-state index is 0.296. The van der Waals surface area contributed by atoms with Crippen molar-refractivity contribution in [2.75, 3.05) is 13.3 Å².